The van der Waals surface area contributed by atoms with Crippen LogP contribution in [-0.2, 0) is 10.0 Å². The third-order valence-corrected chi connectivity index (χ3v) is 4.83. The molecule has 0 saturated carbocycles. The molecule has 2 aromatic rings. The van der Waals surface area contributed by atoms with Gasteiger partial charge in [0.1, 0.15) is 10.7 Å². The van der Waals surface area contributed by atoms with Gasteiger partial charge in [0.2, 0.25) is 10.0 Å². The molecular formula is C14H9F4N3O3S. The standard InChI is InChI=1S/C14H9F4N3O3S/c15-8-4-11-12(25(23,24)20-5-19-11)3-7(8)14(22)21-6-1-9(16)13(18)10(17)2-6/h1-4,19-20H,5H2,(H,21,22). The highest BCUT2D eigenvalue weighted by atomic mass is 32.2. The van der Waals surface area contributed by atoms with Crippen LogP contribution in [-0.4, -0.2) is 21.0 Å². The van der Waals surface area contributed by atoms with Gasteiger partial charge in [-0.2, -0.15) is 4.72 Å². The van der Waals surface area contributed by atoms with Crippen molar-refractivity contribution < 1.29 is 30.8 Å². The first kappa shape index (κ1) is 17.2. The molecular weight excluding hydrogens is 366 g/mol. The monoisotopic (exact) mass is 375 g/mol. The minimum absolute atomic E-state index is 0.0355. The third kappa shape index (κ3) is 3.15. The minimum Gasteiger partial charge on any atom is -0.370 e. The van der Waals surface area contributed by atoms with Gasteiger partial charge in [-0.05, 0) is 12.1 Å². The molecule has 0 aliphatic carbocycles. The Kier molecular flexibility index (Phi) is 4.13. The highest BCUT2D eigenvalue weighted by molar-refractivity contribution is 7.89. The Morgan fingerprint density at radius 3 is 2.28 bits per heavy atom. The molecule has 0 saturated heterocycles. The molecule has 0 aromatic heterocycles. The molecule has 3 N–H and O–H groups in total. The first-order chi connectivity index (χ1) is 11.7. The van der Waals surface area contributed by atoms with Crippen LogP contribution in [0.15, 0.2) is 29.2 Å². The fraction of sp³-hybridized carbons (Fsp3) is 0.0714. The average Bonchev–Trinajstić information content (AvgIpc) is 2.51. The number of hydrogen-bond donors (Lipinski definition) is 3. The molecule has 25 heavy (non-hydrogen) atoms. The Morgan fingerprint density at radius 1 is 1.00 bits per heavy atom. The fourth-order valence-electron chi connectivity index (χ4n) is 2.22. The summed E-state index contributed by atoms with van der Waals surface area (Å²) >= 11 is 0. The zero-order valence-electron chi connectivity index (χ0n) is 12.2. The predicted octanol–water partition coefficient (Wildman–Crippen LogP) is 2.16. The summed E-state index contributed by atoms with van der Waals surface area (Å²) in [7, 11) is -3.94. The topological polar surface area (TPSA) is 87.3 Å². The van der Waals surface area contributed by atoms with E-state index in [4.69, 9.17) is 0 Å². The summed E-state index contributed by atoms with van der Waals surface area (Å²) in [4.78, 5) is 11.8. The molecule has 1 heterocycles. The molecule has 0 bridgehead atoms. The van der Waals surface area contributed by atoms with E-state index in [1.54, 1.807) is 0 Å². The lowest BCUT2D eigenvalue weighted by atomic mass is 10.1. The van der Waals surface area contributed by atoms with E-state index in [1.165, 1.54) is 0 Å². The molecule has 0 radical (unpaired) electrons. The summed E-state index contributed by atoms with van der Waals surface area (Å²) in [5, 5.41) is 4.57. The van der Waals surface area contributed by atoms with Gasteiger partial charge in [-0.25, -0.2) is 26.0 Å². The van der Waals surface area contributed by atoms with Gasteiger partial charge in [0.25, 0.3) is 5.91 Å². The van der Waals surface area contributed by atoms with E-state index in [0.717, 1.165) is 12.1 Å². The smallest absolute Gasteiger partial charge is 0.258 e. The maximum atomic E-state index is 14.1. The van der Waals surface area contributed by atoms with Crippen LogP contribution in [0.4, 0.5) is 28.9 Å². The van der Waals surface area contributed by atoms with Gasteiger partial charge in [-0.1, -0.05) is 0 Å². The predicted molar refractivity (Wildman–Crippen MR) is 79.5 cm³/mol. The van der Waals surface area contributed by atoms with Crippen LogP contribution in [0.3, 0.4) is 0 Å². The van der Waals surface area contributed by atoms with E-state index in [9.17, 15) is 30.8 Å². The molecule has 1 aliphatic rings. The van der Waals surface area contributed by atoms with Gasteiger partial charge >= 0.3 is 0 Å². The zero-order valence-corrected chi connectivity index (χ0v) is 13.0. The molecule has 132 valence electrons. The van der Waals surface area contributed by atoms with Gasteiger partial charge < -0.3 is 10.6 Å². The molecule has 11 heteroatoms. The molecule has 0 atom stereocenters. The Morgan fingerprint density at radius 2 is 1.64 bits per heavy atom. The Hall–Kier alpha value is -2.66. The highest BCUT2D eigenvalue weighted by Crippen LogP contribution is 2.28. The summed E-state index contributed by atoms with van der Waals surface area (Å²) < 4.78 is 79.2. The number of carbonyl (C=O) groups is 1. The second-order valence-electron chi connectivity index (χ2n) is 5.04. The van der Waals surface area contributed by atoms with Crippen molar-refractivity contribution in [2.75, 3.05) is 17.3 Å². The third-order valence-electron chi connectivity index (χ3n) is 3.39. The van der Waals surface area contributed by atoms with E-state index in [1.807, 2.05) is 5.32 Å². The van der Waals surface area contributed by atoms with E-state index < -0.39 is 50.5 Å². The second kappa shape index (κ2) is 6.01. The number of rotatable bonds is 2. The highest BCUT2D eigenvalue weighted by Gasteiger charge is 2.27. The van der Waals surface area contributed by atoms with Gasteiger partial charge in [0.05, 0.1) is 17.9 Å². The number of anilines is 2. The molecule has 0 fully saturated rings. The maximum Gasteiger partial charge on any atom is 0.258 e. The quantitative estimate of drug-likeness (QED) is 0.555. The Labute approximate surface area is 138 Å². The number of carbonyl (C=O) groups excluding carboxylic acids is 1. The normalized spacial score (nSPS) is 15.2. The van der Waals surface area contributed by atoms with Crippen molar-refractivity contribution >= 4 is 27.3 Å². The lowest BCUT2D eigenvalue weighted by Gasteiger charge is -2.20. The maximum absolute atomic E-state index is 14.1. The number of amides is 1. The molecule has 0 spiro atoms. The van der Waals surface area contributed by atoms with Crippen LogP contribution in [0.25, 0.3) is 0 Å². The van der Waals surface area contributed by atoms with Crippen molar-refractivity contribution in [2.24, 2.45) is 0 Å². The van der Waals surface area contributed by atoms with Crippen LogP contribution < -0.4 is 15.4 Å². The van der Waals surface area contributed by atoms with Crippen molar-refractivity contribution in [3.05, 3.63) is 53.1 Å². The summed E-state index contributed by atoms with van der Waals surface area (Å²) in [6.07, 6.45) is 0. The summed E-state index contributed by atoms with van der Waals surface area (Å²) in [5.74, 6) is -7.02. The summed E-state index contributed by atoms with van der Waals surface area (Å²) in [5.41, 5.74) is -1.16. The van der Waals surface area contributed by atoms with Crippen LogP contribution in [0.5, 0.6) is 0 Å². The van der Waals surface area contributed by atoms with Crippen LogP contribution >= 0.6 is 0 Å². The zero-order chi connectivity index (χ0) is 18.4. The molecule has 2 aromatic carbocycles. The van der Waals surface area contributed by atoms with Gasteiger partial charge in [0.15, 0.2) is 17.5 Å². The van der Waals surface area contributed by atoms with Crippen LogP contribution in [0.2, 0.25) is 0 Å². The van der Waals surface area contributed by atoms with Crippen molar-refractivity contribution in [2.45, 2.75) is 4.90 Å². The number of sulfonamides is 1. The number of benzene rings is 2. The van der Waals surface area contributed by atoms with E-state index >= 15 is 0 Å². The van der Waals surface area contributed by atoms with Crippen LogP contribution in [0.1, 0.15) is 10.4 Å². The fourth-order valence-corrected chi connectivity index (χ4v) is 3.33. The lowest BCUT2D eigenvalue weighted by Crippen LogP contribution is -2.35. The van der Waals surface area contributed by atoms with Gasteiger partial charge in [-0.15, -0.1) is 0 Å². The van der Waals surface area contributed by atoms with Crippen LogP contribution in [0, 0.1) is 23.3 Å². The summed E-state index contributed by atoms with van der Waals surface area (Å²) in [6.45, 7) is -0.144. The van der Waals surface area contributed by atoms with Crippen molar-refractivity contribution in [1.29, 1.82) is 0 Å². The van der Waals surface area contributed by atoms with E-state index in [-0.39, 0.29) is 17.3 Å². The van der Waals surface area contributed by atoms with E-state index in [0.29, 0.717) is 12.1 Å². The van der Waals surface area contributed by atoms with Crippen molar-refractivity contribution in [3.8, 4) is 0 Å². The summed E-state index contributed by atoms with van der Waals surface area (Å²) in [6, 6.07) is 2.61. The number of fused-ring (bicyclic) bond motifs is 1. The second-order valence-corrected chi connectivity index (χ2v) is 6.77. The largest absolute Gasteiger partial charge is 0.370 e. The van der Waals surface area contributed by atoms with E-state index in [2.05, 4.69) is 10.0 Å². The van der Waals surface area contributed by atoms with Gasteiger partial charge in [0, 0.05) is 17.8 Å². The first-order valence-corrected chi connectivity index (χ1v) is 8.20. The van der Waals surface area contributed by atoms with Gasteiger partial charge in [-0.3, -0.25) is 4.79 Å². The number of halogens is 4. The minimum atomic E-state index is -3.94. The molecule has 1 aliphatic heterocycles. The Bertz CT molecular complexity index is 972. The number of nitrogens with one attached hydrogen (secondary N) is 3. The molecule has 6 nitrogen and oxygen atoms in total. The lowest BCUT2D eigenvalue weighted by molar-refractivity contribution is 0.102. The molecule has 1 amide bonds. The van der Waals surface area contributed by atoms with Crippen molar-refractivity contribution in [1.82, 2.24) is 4.72 Å². The first-order valence-electron chi connectivity index (χ1n) is 6.72. The SMILES string of the molecule is O=C(Nc1cc(F)c(F)c(F)c1)c1cc2c(cc1F)NCNS2(=O)=O. The van der Waals surface area contributed by atoms with Crippen molar-refractivity contribution in [3.63, 3.8) is 0 Å². The molecule has 0 unspecified atom stereocenters. The average molecular weight is 375 g/mol. The number of hydrogen-bond acceptors (Lipinski definition) is 4. The molecule has 3 rings (SSSR count). The Balaban J connectivity index is 1.98.